The molecule has 0 radical (unpaired) electrons. The van der Waals surface area contributed by atoms with E-state index in [-0.39, 0.29) is 0 Å². The largest absolute Gasteiger partial charge is 0.382 e. The molecule has 1 aliphatic heterocycles. The first-order valence-electron chi connectivity index (χ1n) is 7.22. The van der Waals surface area contributed by atoms with E-state index >= 15 is 0 Å². The highest BCUT2D eigenvalue weighted by Crippen LogP contribution is 2.25. The first kappa shape index (κ1) is 12.3. The number of aromatic nitrogens is 2. The third kappa shape index (κ3) is 2.65. The minimum absolute atomic E-state index is 0.530. The third-order valence-corrected chi connectivity index (χ3v) is 3.83. The van der Waals surface area contributed by atoms with Gasteiger partial charge < -0.3 is 5.32 Å². The molecule has 1 aromatic heterocycles. The Morgan fingerprint density at radius 2 is 2.21 bits per heavy atom. The first-order chi connectivity index (χ1) is 9.36. The Labute approximate surface area is 114 Å². The molecule has 1 unspecified atom stereocenters. The van der Waals surface area contributed by atoms with Crippen LogP contribution in [0.1, 0.15) is 31.0 Å². The number of fused-ring (bicyclic) bond motifs is 1. The summed E-state index contributed by atoms with van der Waals surface area (Å²) in [5, 5.41) is 8.07. The van der Waals surface area contributed by atoms with Crippen LogP contribution >= 0.6 is 0 Å². The Balaban J connectivity index is 1.70. The SMILES string of the molecule is CCCn1nccc1CC1CCc2ccccc2N1. The molecule has 1 aromatic carbocycles. The molecule has 2 heterocycles. The van der Waals surface area contributed by atoms with E-state index in [0.29, 0.717) is 6.04 Å². The van der Waals surface area contributed by atoms with Crippen molar-refractivity contribution in [1.29, 1.82) is 0 Å². The monoisotopic (exact) mass is 255 g/mol. The van der Waals surface area contributed by atoms with Gasteiger partial charge in [0.15, 0.2) is 0 Å². The molecule has 0 fully saturated rings. The van der Waals surface area contributed by atoms with Crippen LogP contribution in [0.25, 0.3) is 0 Å². The molecule has 0 saturated carbocycles. The molecule has 0 aliphatic carbocycles. The van der Waals surface area contributed by atoms with E-state index in [9.17, 15) is 0 Å². The molecule has 3 nitrogen and oxygen atoms in total. The van der Waals surface area contributed by atoms with E-state index in [1.54, 1.807) is 0 Å². The summed E-state index contributed by atoms with van der Waals surface area (Å²) < 4.78 is 2.14. The van der Waals surface area contributed by atoms with Gasteiger partial charge in [0.25, 0.3) is 0 Å². The van der Waals surface area contributed by atoms with Crippen LogP contribution in [0.5, 0.6) is 0 Å². The maximum atomic E-state index is 4.40. The fraction of sp³-hybridized carbons (Fsp3) is 0.438. The van der Waals surface area contributed by atoms with Crippen molar-refractivity contribution >= 4 is 5.69 Å². The van der Waals surface area contributed by atoms with E-state index in [4.69, 9.17) is 0 Å². The lowest BCUT2D eigenvalue weighted by Crippen LogP contribution is -2.28. The van der Waals surface area contributed by atoms with Gasteiger partial charge in [0.1, 0.15) is 0 Å². The second-order valence-corrected chi connectivity index (χ2v) is 5.29. The van der Waals surface area contributed by atoms with Crippen LogP contribution in [-0.2, 0) is 19.4 Å². The molecule has 1 aliphatic rings. The zero-order valence-electron chi connectivity index (χ0n) is 11.5. The van der Waals surface area contributed by atoms with Crippen molar-refractivity contribution in [1.82, 2.24) is 9.78 Å². The molecule has 0 bridgehead atoms. The van der Waals surface area contributed by atoms with Gasteiger partial charge >= 0.3 is 0 Å². The van der Waals surface area contributed by atoms with Crippen LogP contribution in [0.2, 0.25) is 0 Å². The lowest BCUT2D eigenvalue weighted by molar-refractivity contribution is 0.542. The fourth-order valence-electron chi connectivity index (χ4n) is 2.85. The number of rotatable bonds is 4. The summed E-state index contributed by atoms with van der Waals surface area (Å²) in [4.78, 5) is 0. The molecule has 0 saturated heterocycles. The maximum Gasteiger partial charge on any atom is 0.0492 e. The quantitative estimate of drug-likeness (QED) is 0.908. The number of hydrogen-bond acceptors (Lipinski definition) is 2. The van der Waals surface area contributed by atoms with Gasteiger partial charge in [-0.3, -0.25) is 4.68 Å². The molecule has 0 spiro atoms. The standard InChI is InChI=1S/C16H21N3/c1-2-11-19-15(9-10-17-19)12-14-8-7-13-5-3-4-6-16(13)18-14/h3-6,9-10,14,18H,2,7-8,11-12H2,1H3. The lowest BCUT2D eigenvalue weighted by atomic mass is 9.95. The molecular weight excluding hydrogens is 234 g/mol. The molecular formula is C16H21N3. The number of nitrogens with zero attached hydrogens (tertiary/aromatic N) is 2. The average molecular weight is 255 g/mol. The zero-order chi connectivity index (χ0) is 13.1. The molecule has 0 amide bonds. The highest BCUT2D eigenvalue weighted by molar-refractivity contribution is 5.53. The Kier molecular flexibility index (Phi) is 3.53. The molecule has 3 heteroatoms. The van der Waals surface area contributed by atoms with E-state index < -0.39 is 0 Å². The van der Waals surface area contributed by atoms with E-state index in [0.717, 1.165) is 19.4 Å². The Bertz CT molecular complexity index is 544. The van der Waals surface area contributed by atoms with Gasteiger partial charge in [-0.15, -0.1) is 0 Å². The van der Waals surface area contributed by atoms with Gasteiger partial charge in [-0.1, -0.05) is 25.1 Å². The maximum absolute atomic E-state index is 4.40. The molecule has 100 valence electrons. The normalized spacial score (nSPS) is 17.8. The Morgan fingerprint density at radius 1 is 1.32 bits per heavy atom. The second-order valence-electron chi connectivity index (χ2n) is 5.29. The third-order valence-electron chi connectivity index (χ3n) is 3.83. The predicted octanol–water partition coefficient (Wildman–Crippen LogP) is 3.26. The van der Waals surface area contributed by atoms with Crippen LogP contribution in [-0.4, -0.2) is 15.8 Å². The van der Waals surface area contributed by atoms with Gasteiger partial charge in [-0.2, -0.15) is 5.10 Å². The fourth-order valence-corrected chi connectivity index (χ4v) is 2.85. The lowest BCUT2D eigenvalue weighted by Gasteiger charge is -2.27. The van der Waals surface area contributed by atoms with E-state index in [2.05, 4.69) is 52.4 Å². The highest BCUT2D eigenvalue weighted by atomic mass is 15.3. The van der Waals surface area contributed by atoms with Crippen molar-refractivity contribution in [3.05, 3.63) is 47.8 Å². The van der Waals surface area contributed by atoms with Crippen LogP contribution < -0.4 is 5.32 Å². The summed E-state index contributed by atoms with van der Waals surface area (Å²) in [6, 6.07) is 11.3. The Hall–Kier alpha value is -1.77. The van der Waals surface area contributed by atoms with Crippen LogP contribution in [0.15, 0.2) is 36.5 Å². The van der Waals surface area contributed by atoms with Gasteiger partial charge in [0, 0.05) is 36.6 Å². The summed E-state index contributed by atoms with van der Waals surface area (Å²) in [6.07, 6.45) is 6.50. The number of hydrogen-bond donors (Lipinski definition) is 1. The second kappa shape index (κ2) is 5.47. The molecule has 2 aromatic rings. The highest BCUT2D eigenvalue weighted by Gasteiger charge is 2.18. The van der Waals surface area contributed by atoms with Crippen LogP contribution in [0, 0.1) is 0 Å². The van der Waals surface area contributed by atoms with Crippen LogP contribution in [0.3, 0.4) is 0 Å². The number of anilines is 1. The predicted molar refractivity (Wildman–Crippen MR) is 78.4 cm³/mol. The number of nitrogens with one attached hydrogen (secondary N) is 1. The van der Waals surface area contributed by atoms with Crippen molar-refractivity contribution in [3.8, 4) is 0 Å². The first-order valence-corrected chi connectivity index (χ1v) is 7.22. The van der Waals surface area contributed by atoms with Gasteiger partial charge in [-0.25, -0.2) is 0 Å². The number of para-hydroxylation sites is 1. The topological polar surface area (TPSA) is 29.9 Å². The summed E-state index contributed by atoms with van der Waals surface area (Å²) >= 11 is 0. The smallest absolute Gasteiger partial charge is 0.0492 e. The zero-order valence-corrected chi connectivity index (χ0v) is 11.5. The van der Waals surface area contributed by atoms with Crippen molar-refractivity contribution in [3.63, 3.8) is 0 Å². The van der Waals surface area contributed by atoms with E-state index in [1.165, 1.54) is 29.8 Å². The molecule has 1 atom stereocenters. The minimum Gasteiger partial charge on any atom is -0.382 e. The van der Waals surface area contributed by atoms with Gasteiger partial charge in [0.2, 0.25) is 0 Å². The summed E-state index contributed by atoms with van der Waals surface area (Å²) in [5.41, 5.74) is 4.10. The minimum atomic E-state index is 0.530. The van der Waals surface area contributed by atoms with Crippen molar-refractivity contribution in [2.24, 2.45) is 0 Å². The summed E-state index contributed by atoms with van der Waals surface area (Å²) in [6.45, 7) is 3.21. The molecule has 19 heavy (non-hydrogen) atoms. The van der Waals surface area contributed by atoms with Gasteiger partial charge in [-0.05, 0) is 37.0 Å². The summed E-state index contributed by atoms with van der Waals surface area (Å²) in [5.74, 6) is 0. The van der Waals surface area contributed by atoms with Crippen molar-refractivity contribution in [2.75, 3.05) is 5.32 Å². The molecule has 1 N–H and O–H groups in total. The van der Waals surface area contributed by atoms with Crippen LogP contribution in [0.4, 0.5) is 5.69 Å². The van der Waals surface area contributed by atoms with Crippen molar-refractivity contribution < 1.29 is 0 Å². The molecule has 3 rings (SSSR count). The van der Waals surface area contributed by atoms with E-state index in [1.807, 2.05) is 6.20 Å². The summed E-state index contributed by atoms with van der Waals surface area (Å²) in [7, 11) is 0. The number of benzene rings is 1. The van der Waals surface area contributed by atoms with Gasteiger partial charge in [0.05, 0.1) is 0 Å². The number of aryl methyl sites for hydroxylation is 2. The average Bonchev–Trinajstić information content (AvgIpc) is 2.86. The van der Waals surface area contributed by atoms with Crippen molar-refractivity contribution in [2.45, 2.75) is 45.2 Å². The Morgan fingerprint density at radius 3 is 3.11 bits per heavy atom.